The van der Waals surface area contributed by atoms with E-state index in [-0.39, 0.29) is 16.3 Å². The SMILES string of the molecule is C[C@@]1(Oc2cc(NS(=O)(=O)c3cccc4c3CCCC4)ccc2C(F)(F)F)CCNC1. The molecule has 0 spiro atoms. The van der Waals surface area contributed by atoms with Crippen LogP contribution in [0.15, 0.2) is 41.3 Å². The van der Waals surface area contributed by atoms with Gasteiger partial charge in [0, 0.05) is 19.0 Å². The van der Waals surface area contributed by atoms with Gasteiger partial charge in [-0.3, -0.25) is 4.72 Å². The summed E-state index contributed by atoms with van der Waals surface area (Å²) in [6.45, 7) is 2.79. The fraction of sp³-hybridized carbons (Fsp3) is 0.455. The maximum absolute atomic E-state index is 13.5. The summed E-state index contributed by atoms with van der Waals surface area (Å²) in [5.41, 5.74) is 0.101. The third kappa shape index (κ3) is 4.67. The Morgan fingerprint density at radius 2 is 1.90 bits per heavy atom. The average Bonchev–Trinajstić information content (AvgIpc) is 3.12. The molecule has 2 aromatic carbocycles. The molecule has 0 unspecified atom stereocenters. The number of hydrogen-bond donors (Lipinski definition) is 2. The minimum atomic E-state index is -4.62. The predicted molar refractivity (Wildman–Crippen MR) is 112 cm³/mol. The lowest BCUT2D eigenvalue weighted by molar-refractivity contribution is -0.139. The predicted octanol–water partition coefficient (Wildman–Crippen LogP) is 4.52. The second kappa shape index (κ2) is 8.02. The molecule has 0 saturated carbocycles. The van der Waals surface area contributed by atoms with Crippen molar-refractivity contribution < 1.29 is 26.3 Å². The molecule has 1 atom stereocenters. The summed E-state index contributed by atoms with van der Waals surface area (Å²) in [6, 6.07) is 8.28. The summed E-state index contributed by atoms with van der Waals surface area (Å²) in [7, 11) is -3.96. The zero-order valence-electron chi connectivity index (χ0n) is 17.2. The molecule has 1 heterocycles. The van der Waals surface area contributed by atoms with Crippen LogP contribution in [0.4, 0.5) is 18.9 Å². The first kappa shape index (κ1) is 22.0. The Bertz CT molecular complexity index is 1080. The number of fused-ring (bicyclic) bond motifs is 1. The normalized spacial score (nSPS) is 21.5. The summed E-state index contributed by atoms with van der Waals surface area (Å²) in [4.78, 5) is 0.180. The number of rotatable bonds is 5. The van der Waals surface area contributed by atoms with Crippen LogP contribution < -0.4 is 14.8 Å². The number of sulfonamides is 1. The van der Waals surface area contributed by atoms with Gasteiger partial charge >= 0.3 is 6.18 Å². The second-order valence-corrected chi connectivity index (χ2v) is 10.0. The van der Waals surface area contributed by atoms with Crippen molar-refractivity contribution in [3.63, 3.8) is 0 Å². The average molecular weight is 455 g/mol. The van der Waals surface area contributed by atoms with Gasteiger partial charge in [-0.15, -0.1) is 0 Å². The molecule has 31 heavy (non-hydrogen) atoms. The van der Waals surface area contributed by atoms with Gasteiger partial charge in [0.05, 0.1) is 16.1 Å². The van der Waals surface area contributed by atoms with Gasteiger partial charge in [0.15, 0.2) is 0 Å². The van der Waals surface area contributed by atoms with Crippen molar-refractivity contribution in [1.29, 1.82) is 0 Å². The highest BCUT2D eigenvalue weighted by atomic mass is 32.2. The molecule has 0 bridgehead atoms. The number of anilines is 1. The molecular formula is C22H25F3N2O3S. The second-order valence-electron chi connectivity index (χ2n) is 8.39. The van der Waals surface area contributed by atoms with E-state index >= 15 is 0 Å². The largest absolute Gasteiger partial charge is 0.485 e. The molecule has 1 aliphatic heterocycles. The first-order chi connectivity index (χ1) is 14.6. The van der Waals surface area contributed by atoms with E-state index in [1.807, 2.05) is 6.07 Å². The number of alkyl halides is 3. The highest BCUT2D eigenvalue weighted by molar-refractivity contribution is 7.92. The molecule has 9 heteroatoms. The zero-order chi connectivity index (χ0) is 22.3. The lowest BCUT2D eigenvalue weighted by Crippen LogP contribution is -2.35. The molecular weight excluding hydrogens is 429 g/mol. The molecule has 1 saturated heterocycles. The molecule has 168 valence electrons. The molecule has 2 N–H and O–H groups in total. The van der Waals surface area contributed by atoms with E-state index < -0.39 is 27.4 Å². The summed E-state index contributed by atoms with van der Waals surface area (Å²) < 4.78 is 75.0. The van der Waals surface area contributed by atoms with E-state index in [1.54, 1.807) is 19.1 Å². The van der Waals surface area contributed by atoms with Crippen LogP contribution in [-0.4, -0.2) is 27.1 Å². The monoisotopic (exact) mass is 454 g/mol. The fourth-order valence-corrected chi connectivity index (χ4v) is 5.62. The highest BCUT2D eigenvalue weighted by Crippen LogP contribution is 2.40. The molecule has 0 amide bonds. The van der Waals surface area contributed by atoms with Gasteiger partial charge in [-0.2, -0.15) is 13.2 Å². The molecule has 5 nitrogen and oxygen atoms in total. The Hall–Kier alpha value is -2.26. The third-order valence-corrected chi connectivity index (χ3v) is 7.33. The quantitative estimate of drug-likeness (QED) is 0.697. The van der Waals surface area contributed by atoms with Gasteiger partial charge < -0.3 is 10.1 Å². The van der Waals surface area contributed by atoms with E-state index in [2.05, 4.69) is 10.0 Å². The highest BCUT2D eigenvalue weighted by Gasteiger charge is 2.38. The summed E-state index contributed by atoms with van der Waals surface area (Å²) in [5, 5.41) is 3.08. The van der Waals surface area contributed by atoms with Gasteiger partial charge in [-0.05, 0) is 68.5 Å². The Kier molecular flexibility index (Phi) is 5.68. The molecule has 2 aliphatic rings. The Morgan fingerprint density at radius 3 is 2.61 bits per heavy atom. The molecule has 0 aromatic heterocycles. The van der Waals surface area contributed by atoms with Crippen molar-refractivity contribution in [2.45, 2.75) is 55.7 Å². The number of benzene rings is 2. The number of hydrogen-bond acceptors (Lipinski definition) is 4. The van der Waals surface area contributed by atoms with Crippen LogP contribution in [0.5, 0.6) is 5.75 Å². The summed E-state index contributed by atoms with van der Waals surface area (Å²) in [6.07, 6.45) is -0.658. The maximum atomic E-state index is 13.5. The van der Waals surface area contributed by atoms with E-state index in [0.29, 0.717) is 25.9 Å². The van der Waals surface area contributed by atoms with E-state index in [4.69, 9.17) is 4.74 Å². The first-order valence-corrected chi connectivity index (χ1v) is 11.8. The number of aryl methyl sites for hydroxylation is 1. The Labute approximate surface area is 180 Å². The van der Waals surface area contributed by atoms with Gasteiger partial charge in [0.2, 0.25) is 0 Å². The molecule has 1 aliphatic carbocycles. The Morgan fingerprint density at radius 1 is 1.13 bits per heavy atom. The van der Waals surface area contributed by atoms with Crippen molar-refractivity contribution >= 4 is 15.7 Å². The van der Waals surface area contributed by atoms with Crippen LogP contribution in [0, 0.1) is 0 Å². The molecule has 2 aromatic rings. The topological polar surface area (TPSA) is 67.4 Å². The van der Waals surface area contributed by atoms with Crippen molar-refractivity contribution in [3.8, 4) is 5.75 Å². The van der Waals surface area contributed by atoms with E-state index in [9.17, 15) is 21.6 Å². The molecule has 1 fully saturated rings. The number of nitrogens with one attached hydrogen (secondary N) is 2. The molecule has 0 radical (unpaired) electrons. The summed E-state index contributed by atoms with van der Waals surface area (Å²) >= 11 is 0. The van der Waals surface area contributed by atoms with Crippen molar-refractivity contribution in [2.24, 2.45) is 0 Å². The number of ether oxygens (including phenoxy) is 1. The smallest absolute Gasteiger partial charge is 0.419 e. The van der Waals surface area contributed by atoms with E-state index in [0.717, 1.165) is 48.6 Å². The van der Waals surface area contributed by atoms with E-state index in [1.165, 1.54) is 0 Å². The minimum absolute atomic E-state index is 0.0333. The van der Waals surface area contributed by atoms with Crippen LogP contribution in [0.1, 0.15) is 42.9 Å². The van der Waals surface area contributed by atoms with Crippen molar-refractivity contribution in [1.82, 2.24) is 5.32 Å². The van der Waals surface area contributed by atoms with Crippen molar-refractivity contribution in [2.75, 3.05) is 17.8 Å². The van der Waals surface area contributed by atoms with Crippen LogP contribution in [0.2, 0.25) is 0 Å². The Balaban J connectivity index is 1.68. The van der Waals surface area contributed by atoms with Gasteiger partial charge in [0.1, 0.15) is 11.4 Å². The maximum Gasteiger partial charge on any atom is 0.419 e. The third-order valence-electron chi connectivity index (χ3n) is 5.87. The van der Waals surface area contributed by atoms with Gasteiger partial charge in [-0.25, -0.2) is 8.42 Å². The first-order valence-electron chi connectivity index (χ1n) is 10.3. The van der Waals surface area contributed by atoms with Crippen molar-refractivity contribution in [3.05, 3.63) is 53.1 Å². The van der Waals surface area contributed by atoms with Crippen LogP contribution in [0.3, 0.4) is 0 Å². The number of halogens is 3. The minimum Gasteiger partial charge on any atom is -0.485 e. The fourth-order valence-electron chi connectivity index (χ4n) is 4.26. The van der Waals surface area contributed by atoms with Gasteiger partial charge in [-0.1, -0.05) is 12.1 Å². The lowest BCUT2D eigenvalue weighted by Gasteiger charge is -2.27. The zero-order valence-corrected chi connectivity index (χ0v) is 18.0. The van der Waals surface area contributed by atoms with Crippen LogP contribution in [0.25, 0.3) is 0 Å². The van der Waals surface area contributed by atoms with Crippen LogP contribution in [-0.2, 0) is 29.0 Å². The molecule has 4 rings (SSSR count). The lowest BCUT2D eigenvalue weighted by atomic mass is 9.92. The standard InChI is InChI=1S/C22H25F3N2O3S/c1-21(11-12-26-14-21)30-19-13-16(9-10-18(19)22(23,24)25)27-31(28,29)20-8-4-6-15-5-2-3-7-17(15)20/h4,6,8-10,13,26-27H,2-3,5,7,11-12,14H2,1H3/t21-/m1/s1. The van der Waals surface area contributed by atoms with Crippen LogP contribution >= 0.6 is 0 Å². The van der Waals surface area contributed by atoms with Gasteiger partial charge in [0.25, 0.3) is 10.0 Å². The summed E-state index contributed by atoms with van der Waals surface area (Å²) in [5.74, 6) is -0.381.